The summed E-state index contributed by atoms with van der Waals surface area (Å²) in [7, 11) is 0. The maximum absolute atomic E-state index is 10.9. The second-order valence-corrected chi connectivity index (χ2v) is 33.2. The second-order valence-electron chi connectivity index (χ2n) is 27.4. The molecule has 10 aromatic carbocycles. The van der Waals surface area contributed by atoms with Gasteiger partial charge in [0.1, 0.15) is 42.1 Å². The van der Waals surface area contributed by atoms with Gasteiger partial charge in [-0.3, -0.25) is 50.6 Å². The molecular formula is C90H74BrN17O10S8. The number of nitrogens with zero attached hydrogens (tertiary/aromatic N) is 14. The predicted octanol–water partition coefficient (Wildman–Crippen LogP) is 24.0. The molecule has 126 heavy (non-hydrogen) atoms. The molecule has 6 aromatic heterocycles. The van der Waals surface area contributed by atoms with Gasteiger partial charge in [-0.25, -0.2) is 34.9 Å². The zero-order valence-electron chi connectivity index (χ0n) is 66.5. The highest BCUT2D eigenvalue weighted by Gasteiger charge is 2.23. The van der Waals surface area contributed by atoms with Crippen LogP contribution in [0, 0.1) is 57.5 Å². The number of aromatic nitrogens is 7. The van der Waals surface area contributed by atoms with Gasteiger partial charge in [0.25, 0.3) is 28.4 Å². The summed E-state index contributed by atoms with van der Waals surface area (Å²) in [5.74, 6) is 0. The molecule has 0 radical (unpaired) electrons. The van der Waals surface area contributed by atoms with Crippen LogP contribution in [0.25, 0.3) is 52.9 Å². The third kappa shape index (κ3) is 27.4. The molecule has 0 saturated carbocycles. The first-order valence-corrected chi connectivity index (χ1v) is 44.1. The van der Waals surface area contributed by atoms with Crippen molar-refractivity contribution in [3.63, 3.8) is 0 Å². The fraction of sp³-hybridized carbons (Fsp3) is 0.122. The Bertz CT molecular complexity index is 6040. The smallest absolute Gasteiger partial charge is 0.269 e. The van der Waals surface area contributed by atoms with Gasteiger partial charge >= 0.3 is 0 Å². The van der Waals surface area contributed by atoms with E-state index in [1.165, 1.54) is 72.0 Å². The van der Waals surface area contributed by atoms with E-state index in [4.69, 9.17) is 40.9 Å². The first-order chi connectivity index (χ1) is 60.7. The summed E-state index contributed by atoms with van der Waals surface area (Å²) in [6, 6.07) is 81.2. The molecule has 0 aliphatic rings. The van der Waals surface area contributed by atoms with Crippen LogP contribution in [-0.2, 0) is 32.1 Å². The molecule has 0 bridgehead atoms. The standard InChI is InChI=1S/C20H17N5O2S2.2C18H13N3O2S2.2C17H15N3O2S.BrH/c1-13-23-24-20(29-13)22-17(11-14-7-9-16(10-8-14)25(26)27)18-12-28-19(21-18)15-5-3-2-4-6-15;2*22-21(23)15-8-6-13(7-9-15)10-16(19-12-24)17-11-25-18(20-17)14-4-2-1-3-5-14;2*18-15(10-12-6-8-14(9-7-12)20(21)22)16-11-23-17(19-16)13-4-2-1-3-5-13;/h2-10,12,17H,11H2,1H3,(H,22,24);2*1-9,11,16H,10H2;2*1-9,11,15H,10,18H2;1H/t17-;2*16-;2*15-;/m00000./s1. The number of thiocarbonyl (C=S) groups is 2. The van der Waals surface area contributed by atoms with Crippen molar-refractivity contribution in [2.45, 2.75) is 69.2 Å². The van der Waals surface area contributed by atoms with Crippen molar-refractivity contribution < 1.29 is 24.6 Å². The molecular weight excluding hydrogens is 1820 g/mol. The number of nitrogens with one attached hydrogen (secondary N) is 1. The van der Waals surface area contributed by atoms with Crippen molar-refractivity contribution in [3.05, 3.63) is 412 Å². The number of rotatable bonds is 29. The highest BCUT2D eigenvalue weighted by molar-refractivity contribution is 8.93. The number of thiazole rings is 5. The van der Waals surface area contributed by atoms with Gasteiger partial charge in [-0.1, -0.05) is 224 Å². The fourth-order valence-corrected chi connectivity index (χ4v) is 17.6. The summed E-state index contributed by atoms with van der Waals surface area (Å²) in [6.45, 7) is 1.91. The van der Waals surface area contributed by atoms with Gasteiger partial charge in [0.15, 0.2) is 0 Å². The maximum atomic E-state index is 10.9. The van der Waals surface area contributed by atoms with Gasteiger partial charge in [-0.2, -0.15) is 0 Å². The molecule has 0 unspecified atom stereocenters. The number of nitro groups is 5. The van der Waals surface area contributed by atoms with E-state index in [1.54, 1.807) is 117 Å². The highest BCUT2D eigenvalue weighted by Crippen LogP contribution is 2.36. The summed E-state index contributed by atoms with van der Waals surface area (Å²) in [5, 5.41) is 86.5. The fourth-order valence-electron chi connectivity index (χ4n) is 12.3. The summed E-state index contributed by atoms with van der Waals surface area (Å²) in [5.41, 5.74) is 27.1. The predicted molar refractivity (Wildman–Crippen MR) is 512 cm³/mol. The molecule has 0 aliphatic carbocycles. The molecule has 0 saturated heterocycles. The Morgan fingerprint density at radius 3 is 0.833 bits per heavy atom. The van der Waals surface area contributed by atoms with E-state index in [9.17, 15) is 50.6 Å². The van der Waals surface area contributed by atoms with E-state index in [0.717, 1.165) is 119 Å². The summed E-state index contributed by atoms with van der Waals surface area (Å²) < 4.78 is 0. The van der Waals surface area contributed by atoms with Crippen LogP contribution < -0.4 is 16.8 Å². The van der Waals surface area contributed by atoms with Crippen LogP contribution in [0.5, 0.6) is 0 Å². The van der Waals surface area contributed by atoms with Crippen molar-refractivity contribution in [2.75, 3.05) is 5.32 Å². The van der Waals surface area contributed by atoms with Gasteiger partial charge < -0.3 is 16.8 Å². The van der Waals surface area contributed by atoms with Gasteiger partial charge in [0, 0.05) is 128 Å². The Balaban J connectivity index is 0.000000153. The zero-order chi connectivity index (χ0) is 88.0. The van der Waals surface area contributed by atoms with Crippen molar-refractivity contribution in [1.82, 2.24) is 35.1 Å². The normalized spacial score (nSPS) is 11.7. The summed E-state index contributed by atoms with van der Waals surface area (Å²) in [6.07, 6.45) is 2.92. The Kier molecular flexibility index (Phi) is 34.8. The Morgan fingerprint density at radius 1 is 0.341 bits per heavy atom. The topological polar surface area (TPSA) is 395 Å². The third-order valence-corrected chi connectivity index (χ3v) is 24.2. The lowest BCUT2D eigenvalue weighted by molar-refractivity contribution is -0.385. The molecule has 16 aromatic rings. The second kappa shape index (κ2) is 47.0. The molecule has 6 heterocycles. The molecule has 16 rings (SSSR count). The third-order valence-electron chi connectivity index (χ3n) is 18.7. The quantitative estimate of drug-likeness (QED) is 0.0170. The first kappa shape index (κ1) is 93.4. The highest BCUT2D eigenvalue weighted by atomic mass is 79.9. The number of aryl methyl sites for hydroxylation is 1. The van der Waals surface area contributed by atoms with Crippen LogP contribution in [0.3, 0.4) is 0 Å². The van der Waals surface area contributed by atoms with Gasteiger partial charge in [-0.05, 0) is 78.4 Å². The zero-order valence-corrected chi connectivity index (χ0v) is 74.7. The van der Waals surface area contributed by atoms with E-state index >= 15 is 0 Å². The van der Waals surface area contributed by atoms with Crippen LogP contribution in [0.4, 0.5) is 33.6 Å². The number of non-ortho nitro benzene ring substituents is 5. The minimum absolute atomic E-state index is 0. The lowest BCUT2D eigenvalue weighted by atomic mass is 10.0. The summed E-state index contributed by atoms with van der Waals surface area (Å²) >= 11 is 18.9. The molecule has 0 fully saturated rings. The number of isothiocyanates is 2. The number of anilines is 1. The lowest BCUT2D eigenvalue weighted by Crippen LogP contribution is -2.14. The molecule has 27 nitrogen and oxygen atoms in total. The van der Waals surface area contributed by atoms with Crippen LogP contribution in [0.2, 0.25) is 0 Å². The Labute approximate surface area is 767 Å². The molecule has 0 amide bonds. The van der Waals surface area contributed by atoms with Gasteiger partial charge in [-0.15, -0.1) is 83.9 Å². The molecule has 5 N–H and O–H groups in total. The van der Waals surface area contributed by atoms with Crippen molar-refractivity contribution >= 4 is 153 Å². The monoisotopic (exact) mass is 1890 g/mol. The molecule has 634 valence electrons. The van der Waals surface area contributed by atoms with Crippen LogP contribution >= 0.6 is 109 Å². The van der Waals surface area contributed by atoms with Gasteiger partial charge in [0.2, 0.25) is 5.13 Å². The van der Waals surface area contributed by atoms with Crippen LogP contribution in [0.15, 0.2) is 310 Å². The SMILES string of the molecule is Br.Cc1nnc(N[C@@H](Cc2ccc([N+](=O)[O-])cc2)c2csc(-c3ccccc3)n2)s1.N[C@@H](Cc1ccc([N+](=O)[O-])cc1)c1csc(-c2ccccc2)n1.N[C@@H](Cc1ccc([N+](=O)[O-])cc1)c1csc(-c2ccccc2)n1.O=[N+]([O-])c1ccc(C[C@H](N=C=S)c2csc(-c3ccccc3)n2)cc1.O=[N+]([O-])c1ccc(C[C@H](N=C=S)c2csc(-c3ccccc3)n2)cc1. The molecule has 0 aliphatic heterocycles. The summed E-state index contributed by atoms with van der Waals surface area (Å²) in [4.78, 5) is 83.6. The number of hydrogen-bond donors (Lipinski definition) is 3. The van der Waals surface area contributed by atoms with Gasteiger partial charge in [0.05, 0.1) is 81.5 Å². The van der Waals surface area contributed by atoms with Crippen molar-refractivity contribution in [3.8, 4) is 52.9 Å². The largest absolute Gasteiger partial charge is 0.351 e. The average molecular weight is 1890 g/mol. The van der Waals surface area contributed by atoms with E-state index < -0.39 is 24.6 Å². The number of nitrogens with two attached hydrogens (primary N) is 2. The van der Waals surface area contributed by atoms with E-state index in [0.29, 0.717) is 32.1 Å². The van der Waals surface area contributed by atoms with E-state index in [2.05, 4.69) is 55.8 Å². The van der Waals surface area contributed by atoms with E-state index in [1.807, 2.05) is 185 Å². The Morgan fingerprint density at radius 2 is 0.579 bits per heavy atom. The minimum Gasteiger partial charge on any atom is -0.351 e. The average Bonchev–Trinajstić information content (AvgIpc) is 1.69. The minimum atomic E-state index is -0.414. The Hall–Kier alpha value is -13.3. The van der Waals surface area contributed by atoms with Crippen LogP contribution in [0.1, 0.15) is 91.5 Å². The molecule has 5 atom stereocenters. The first-order valence-electron chi connectivity index (χ1n) is 38.1. The van der Waals surface area contributed by atoms with Crippen LogP contribution in [-0.4, -0.2) is 70.1 Å². The number of aliphatic imine (C=N–C) groups is 2. The molecule has 0 spiro atoms. The number of hydrogen-bond acceptors (Lipinski definition) is 30. The number of nitro benzene ring substituents is 5. The van der Waals surface area contributed by atoms with Crippen molar-refractivity contribution in [1.29, 1.82) is 0 Å². The van der Waals surface area contributed by atoms with Crippen molar-refractivity contribution in [2.24, 2.45) is 21.5 Å². The lowest BCUT2D eigenvalue weighted by Gasteiger charge is -2.16. The van der Waals surface area contributed by atoms with E-state index in [-0.39, 0.29) is 75.6 Å². The maximum Gasteiger partial charge on any atom is 0.269 e. The number of benzene rings is 10. The molecule has 36 heteroatoms. The number of halogens is 1.